The maximum Gasteiger partial charge on any atom is 0.121 e. The van der Waals surface area contributed by atoms with Crippen LogP contribution in [0.25, 0.3) is 0 Å². The molecule has 0 spiro atoms. The van der Waals surface area contributed by atoms with E-state index in [4.69, 9.17) is 0 Å². The predicted octanol–water partition coefficient (Wildman–Crippen LogP) is 4.64. The number of aryl methyl sites for hydroxylation is 3. The summed E-state index contributed by atoms with van der Waals surface area (Å²) in [6.45, 7) is 6.53. The number of unbranched alkanes of at least 4 members (excludes halogenated alkanes) is 2. The molecule has 0 fully saturated rings. The molecule has 0 heterocycles. The smallest absolute Gasteiger partial charge is 0.121 e. The highest BCUT2D eigenvalue weighted by Crippen LogP contribution is 2.27. The van der Waals surface area contributed by atoms with Crippen molar-refractivity contribution in [1.82, 2.24) is 0 Å². The second-order valence-electron chi connectivity index (χ2n) is 4.82. The molecule has 1 aromatic carbocycles. The lowest BCUT2D eigenvalue weighted by molar-refractivity contribution is 0.459. The topological polar surface area (TPSA) is 20.2 Å². The fourth-order valence-corrected chi connectivity index (χ4v) is 2.29. The van der Waals surface area contributed by atoms with Gasteiger partial charge in [-0.1, -0.05) is 52.2 Å². The first-order valence-corrected chi connectivity index (χ1v) is 7.06. The molecule has 0 aliphatic rings. The number of rotatable bonds is 7. The number of phenolic OH excluding ortho intramolecular Hbond substituents is 1. The van der Waals surface area contributed by atoms with Crippen molar-refractivity contribution in [3.8, 4) is 5.75 Å². The normalized spacial score (nSPS) is 10.8. The Morgan fingerprint density at radius 2 is 1.59 bits per heavy atom. The fourth-order valence-electron chi connectivity index (χ4n) is 2.29. The number of hydrogen-bond donors (Lipinski definition) is 1. The molecule has 1 rings (SSSR count). The summed E-state index contributed by atoms with van der Waals surface area (Å²) in [5.74, 6) is 0.545. The van der Waals surface area contributed by atoms with Gasteiger partial charge in [0.2, 0.25) is 0 Å². The van der Waals surface area contributed by atoms with Crippen molar-refractivity contribution in [3.63, 3.8) is 0 Å². The highest BCUT2D eigenvalue weighted by molar-refractivity contribution is 5.44. The summed E-state index contributed by atoms with van der Waals surface area (Å²) in [5, 5.41) is 10.2. The van der Waals surface area contributed by atoms with Gasteiger partial charge in [-0.15, -0.1) is 0 Å². The third-order valence-electron chi connectivity index (χ3n) is 3.30. The molecule has 0 atom stereocenters. The van der Waals surface area contributed by atoms with Crippen molar-refractivity contribution in [1.29, 1.82) is 0 Å². The van der Waals surface area contributed by atoms with Crippen LogP contribution in [-0.2, 0) is 19.3 Å². The summed E-state index contributed by atoms with van der Waals surface area (Å²) in [6, 6.07) is 4.37. The first kappa shape index (κ1) is 14.1. The molecule has 0 aliphatic carbocycles. The van der Waals surface area contributed by atoms with E-state index < -0.39 is 0 Å². The van der Waals surface area contributed by atoms with Crippen molar-refractivity contribution < 1.29 is 5.11 Å². The van der Waals surface area contributed by atoms with Crippen LogP contribution in [-0.4, -0.2) is 5.11 Å². The van der Waals surface area contributed by atoms with Gasteiger partial charge >= 0.3 is 0 Å². The second-order valence-corrected chi connectivity index (χ2v) is 4.82. The maximum atomic E-state index is 10.2. The summed E-state index contributed by atoms with van der Waals surface area (Å²) < 4.78 is 0. The molecule has 0 saturated heterocycles. The van der Waals surface area contributed by atoms with E-state index in [1.54, 1.807) is 0 Å². The number of aromatic hydroxyl groups is 1. The molecule has 0 radical (unpaired) electrons. The summed E-state index contributed by atoms with van der Waals surface area (Å²) in [4.78, 5) is 0. The minimum absolute atomic E-state index is 0.545. The summed E-state index contributed by atoms with van der Waals surface area (Å²) >= 11 is 0. The quantitative estimate of drug-likeness (QED) is 0.681. The zero-order valence-corrected chi connectivity index (χ0v) is 11.6. The molecule has 1 heteroatoms. The lowest BCUT2D eigenvalue weighted by atomic mass is 9.96. The van der Waals surface area contributed by atoms with E-state index in [0.29, 0.717) is 5.75 Å². The SMILES string of the molecule is CCCCCc1cc(CCC)cc(CC)c1O. The monoisotopic (exact) mass is 234 g/mol. The van der Waals surface area contributed by atoms with Crippen molar-refractivity contribution in [2.24, 2.45) is 0 Å². The Kier molecular flexibility index (Phi) is 6.10. The standard InChI is InChI=1S/C16H26O/c1-4-7-8-10-15-12-13(9-5-2)11-14(6-3)16(15)17/h11-12,17H,4-10H2,1-3H3. The van der Waals surface area contributed by atoms with Crippen LogP contribution in [0.3, 0.4) is 0 Å². The fraction of sp³-hybridized carbons (Fsp3) is 0.625. The molecule has 0 aliphatic heterocycles. The van der Waals surface area contributed by atoms with E-state index >= 15 is 0 Å². The molecule has 1 N–H and O–H groups in total. The van der Waals surface area contributed by atoms with Gasteiger partial charge in [-0.25, -0.2) is 0 Å². The second kappa shape index (κ2) is 7.37. The number of phenols is 1. The van der Waals surface area contributed by atoms with Gasteiger partial charge < -0.3 is 5.11 Å². The zero-order chi connectivity index (χ0) is 12.7. The summed E-state index contributed by atoms with van der Waals surface area (Å²) in [6.07, 6.45) is 7.89. The van der Waals surface area contributed by atoms with E-state index in [1.165, 1.54) is 31.2 Å². The van der Waals surface area contributed by atoms with Gasteiger partial charge in [0.15, 0.2) is 0 Å². The van der Waals surface area contributed by atoms with Crippen molar-refractivity contribution >= 4 is 0 Å². The molecule has 17 heavy (non-hydrogen) atoms. The van der Waals surface area contributed by atoms with Gasteiger partial charge in [0.25, 0.3) is 0 Å². The molecule has 0 unspecified atom stereocenters. The Labute approximate surface area is 106 Å². The predicted molar refractivity (Wildman–Crippen MR) is 74.7 cm³/mol. The average Bonchev–Trinajstić information content (AvgIpc) is 2.33. The molecular formula is C16H26O. The molecule has 0 aromatic heterocycles. The van der Waals surface area contributed by atoms with Crippen LogP contribution in [0.1, 0.15) is 63.1 Å². The molecular weight excluding hydrogens is 208 g/mol. The molecule has 0 amide bonds. The summed E-state index contributed by atoms with van der Waals surface area (Å²) in [5.41, 5.74) is 3.65. The molecule has 0 saturated carbocycles. The van der Waals surface area contributed by atoms with Crippen LogP contribution in [0.15, 0.2) is 12.1 Å². The van der Waals surface area contributed by atoms with Gasteiger partial charge in [-0.05, 0) is 42.4 Å². The Balaban J connectivity index is 2.88. The first-order valence-electron chi connectivity index (χ1n) is 7.06. The van der Waals surface area contributed by atoms with Gasteiger partial charge in [-0.2, -0.15) is 0 Å². The van der Waals surface area contributed by atoms with E-state index in [-0.39, 0.29) is 0 Å². The minimum Gasteiger partial charge on any atom is -0.507 e. The third-order valence-corrected chi connectivity index (χ3v) is 3.30. The average molecular weight is 234 g/mol. The zero-order valence-electron chi connectivity index (χ0n) is 11.6. The van der Waals surface area contributed by atoms with Crippen LogP contribution < -0.4 is 0 Å². The molecule has 1 nitrogen and oxygen atoms in total. The van der Waals surface area contributed by atoms with Crippen LogP contribution in [0.2, 0.25) is 0 Å². The van der Waals surface area contributed by atoms with E-state index in [0.717, 1.165) is 30.4 Å². The first-order chi connectivity index (χ1) is 8.22. The Morgan fingerprint density at radius 3 is 2.18 bits per heavy atom. The van der Waals surface area contributed by atoms with E-state index in [2.05, 4.69) is 32.9 Å². The van der Waals surface area contributed by atoms with Gasteiger partial charge in [-0.3, -0.25) is 0 Å². The molecule has 1 aromatic rings. The Bertz CT molecular complexity index is 342. The maximum absolute atomic E-state index is 10.2. The minimum atomic E-state index is 0.545. The molecule has 96 valence electrons. The van der Waals surface area contributed by atoms with Crippen LogP contribution in [0.4, 0.5) is 0 Å². The highest BCUT2D eigenvalue weighted by atomic mass is 16.3. The number of hydrogen-bond acceptors (Lipinski definition) is 1. The molecule has 0 bridgehead atoms. The summed E-state index contributed by atoms with van der Waals surface area (Å²) in [7, 11) is 0. The Hall–Kier alpha value is -0.980. The van der Waals surface area contributed by atoms with E-state index in [9.17, 15) is 5.11 Å². The van der Waals surface area contributed by atoms with Crippen molar-refractivity contribution in [3.05, 3.63) is 28.8 Å². The lowest BCUT2D eigenvalue weighted by Gasteiger charge is -2.12. The van der Waals surface area contributed by atoms with Crippen molar-refractivity contribution in [2.45, 2.75) is 65.7 Å². The van der Waals surface area contributed by atoms with Crippen LogP contribution in [0, 0.1) is 0 Å². The van der Waals surface area contributed by atoms with Gasteiger partial charge in [0.05, 0.1) is 0 Å². The van der Waals surface area contributed by atoms with Crippen LogP contribution >= 0.6 is 0 Å². The Morgan fingerprint density at radius 1 is 0.882 bits per heavy atom. The largest absolute Gasteiger partial charge is 0.507 e. The van der Waals surface area contributed by atoms with E-state index in [1.807, 2.05) is 0 Å². The van der Waals surface area contributed by atoms with Gasteiger partial charge in [0, 0.05) is 0 Å². The van der Waals surface area contributed by atoms with Crippen LogP contribution in [0.5, 0.6) is 5.75 Å². The lowest BCUT2D eigenvalue weighted by Crippen LogP contribution is -1.95. The number of benzene rings is 1. The third kappa shape index (κ3) is 4.07. The van der Waals surface area contributed by atoms with Crippen molar-refractivity contribution in [2.75, 3.05) is 0 Å². The van der Waals surface area contributed by atoms with Gasteiger partial charge in [0.1, 0.15) is 5.75 Å². The highest BCUT2D eigenvalue weighted by Gasteiger charge is 2.08.